The fourth-order valence-corrected chi connectivity index (χ4v) is 2.68. The molecule has 0 bridgehead atoms. The molecule has 0 aliphatic carbocycles. The molecule has 1 saturated heterocycles. The average molecular weight is 265 g/mol. The maximum absolute atomic E-state index is 11.7. The van der Waals surface area contributed by atoms with Gasteiger partial charge in [0.05, 0.1) is 30.4 Å². The van der Waals surface area contributed by atoms with Crippen LogP contribution in [0.3, 0.4) is 0 Å². The van der Waals surface area contributed by atoms with E-state index < -0.39 is 6.10 Å². The molecule has 1 aromatic rings. The number of rotatable bonds is 2. The van der Waals surface area contributed by atoms with Crippen LogP contribution >= 0.6 is 0 Å². The second kappa shape index (κ2) is 4.41. The van der Waals surface area contributed by atoms with Crippen molar-refractivity contribution in [3.05, 3.63) is 16.0 Å². The zero-order valence-corrected chi connectivity index (χ0v) is 10.1. The van der Waals surface area contributed by atoms with E-state index >= 15 is 0 Å². The van der Waals surface area contributed by atoms with Crippen LogP contribution in [0.25, 0.3) is 0 Å². The van der Waals surface area contributed by atoms with Crippen LogP contribution in [0.5, 0.6) is 0 Å². The highest BCUT2D eigenvalue weighted by Crippen LogP contribution is 2.33. The average Bonchev–Trinajstić information content (AvgIpc) is 2.92. The van der Waals surface area contributed by atoms with Gasteiger partial charge in [0.25, 0.3) is 5.56 Å². The summed E-state index contributed by atoms with van der Waals surface area (Å²) in [5, 5.41) is 22.1. The Labute approximate surface area is 108 Å². The predicted octanol–water partition coefficient (Wildman–Crippen LogP) is -1.76. The van der Waals surface area contributed by atoms with Crippen LogP contribution in [0.2, 0.25) is 0 Å². The van der Waals surface area contributed by atoms with E-state index in [0.29, 0.717) is 12.1 Å². The van der Waals surface area contributed by atoms with E-state index in [1.807, 2.05) is 0 Å². The third-order valence-corrected chi connectivity index (χ3v) is 3.64. The number of aromatic amines is 1. The Morgan fingerprint density at radius 2 is 2.32 bits per heavy atom. The van der Waals surface area contributed by atoms with Gasteiger partial charge in [0.2, 0.25) is 5.95 Å². The van der Waals surface area contributed by atoms with Crippen molar-refractivity contribution in [2.24, 2.45) is 4.99 Å². The highest BCUT2D eigenvalue weighted by Gasteiger charge is 2.39. The van der Waals surface area contributed by atoms with Gasteiger partial charge in [0, 0.05) is 12.3 Å². The van der Waals surface area contributed by atoms with Gasteiger partial charge < -0.3 is 21.3 Å². The summed E-state index contributed by atoms with van der Waals surface area (Å²) in [6.45, 7) is -0.140. The number of fused-ring (bicyclic) bond motifs is 1. The lowest BCUT2D eigenvalue weighted by atomic mass is 9.96. The fraction of sp³-hybridized carbons (Fsp3) is 0.545. The standard InChI is InChI=1S/C11H15N5O3/c12-11-15-8-4(2-13-9(8)10(19)16-11)5-1-7(18)6(3-17)14-5/h2,4-7,14,17-18H,1,3H2,(H3,12,15,16,19)/t4?,5-,6-,7+/m0/s1. The molecule has 3 heterocycles. The number of nitrogen functional groups attached to an aromatic ring is 1. The second-order valence-electron chi connectivity index (χ2n) is 4.85. The largest absolute Gasteiger partial charge is 0.395 e. The van der Waals surface area contributed by atoms with Crippen molar-refractivity contribution in [1.82, 2.24) is 15.3 Å². The van der Waals surface area contributed by atoms with Gasteiger partial charge in [-0.1, -0.05) is 0 Å². The van der Waals surface area contributed by atoms with Crippen molar-refractivity contribution in [3.63, 3.8) is 0 Å². The lowest BCUT2D eigenvalue weighted by Gasteiger charge is -2.17. The molecule has 0 aromatic carbocycles. The maximum atomic E-state index is 11.7. The van der Waals surface area contributed by atoms with E-state index in [-0.39, 0.29) is 41.8 Å². The summed E-state index contributed by atoms with van der Waals surface area (Å²) in [6, 6.07) is -0.479. The van der Waals surface area contributed by atoms with Crippen LogP contribution in [0, 0.1) is 0 Å². The van der Waals surface area contributed by atoms with Gasteiger partial charge >= 0.3 is 0 Å². The third kappa shape index (κ3) is 1.93. The summed E-state index contributed by atoms with van der Waals surface area (Å²) < 4.78 is 0. The van der Waals surface area contributed by atoms with E-state index in [4.69, 9.17) is 10.8 Å². The normalized spacial score (nSPS) is 32.7. The van der Waals surface area contributed by atoms with Crippen molar-refractivity contribution >= 4 is 17.9 Å². The van der Waals surface area contributed by atoms with E-state index in [9.17, 15) is 9.90 Å². The fourth-order valence-electron chi connectivity index (χ4n) is 2.68. The lowest BCUT2D eigenvalue weighted by Crippen LogP contribution is -2.38. The number of hydrogen-bond donors (Lipinski definition) is 5. The molecule has 0 radical (unpaired) electrons. The van der Waals surface area contributed by atoms with Gasteiger partial charge in [-0.2, -0.15) is 0 Å². The Balaban J connectivity index is 1.92. The first-order valence-corrected chi connectivity index (χ1v) is 6.09. The molecule has 19 heavy (non-hydrogen) atoms. The molecule has 2 aliphatic rings. The SMILES string of the molecule is Nc1nc2c(c(=O)[nH]1)N=CC2[C@@H]1C[C@@H](O)[C@H](CO)N1. The molecule has 2 aliphatic heterocycles. The van der Waals surface area contributed by atoms with Crippen LogP contribution in [0.15, 0.2) is 9.79 Å². The molecule has 3 rings (SSSR count). The topological polar surface area (TPSA) is 137 Å². The second-order valence-corrected chi connectivity index (χ2v) is 4.85. The number of aromatic nitrogens is 2. The summed E-state index contributed by atoms with van der Waals surface area (Å²) in [6.07, 6.45) is 1.48. The number of anilines is 1. The zero-order valence-electron chi connectivity index (χ0n) is 10.1. The van der Waals surface area contributed by atoms with Gasteiger partial charge in [-0.3, -0.25) is 14.8 Å². The van der Waals surface area contributed by atoms with Crippen LogP contribution < -0.4 is 16.6 Å². The molecule has 1 aromatic heterocycles. The molecular formula is C11H15N5O3. The quantitative estimate of drug-likeness (QED) is 0.429. The number of aliphatic hydroxyl groups is 2. The number of hydrogen-bond acceptors (Lipinski definition) is 7. The minimum absolute atomic E-state index is 0.0523. The first kappa shape index (κ1) is 12.3. The predicted molar refractivity (Wildman–Crippen MR) is 68.6 cm³/mol. The third-order valence-electron chi connectivity index (χ3n) is 3.64. The number of aliphatic imine (C=N–C) groups is 1. The van der Waals surface area contributed by atoms with Gasteiger partial charge in [0.1, 0.15) is 0 Å². The Hall–Kier alpha value is -1.77. The molecule has 8 heteroatoms. The molecule has 4 atom stereocenters. The molecule has 1 unspecified atom stereocenters. The van der Waals surface area contributed by atoms with Crippen molar-refractivity contribution in [2.45, 2.75) is 30.5 Å². The Morgan fingerprint density at radius 3 is 3.00 bits per heavy atom. The molecule has 102 valence electrons. The maximum Gasteiger partial charge on any atom is 0.278 e. The highest BCUT2D eigenvalue weighted by atomic mass is 16.3. The smallest absolute Gasteiger partial charge is 0.278 e. The summed E-state index contributed by atoms with van der Waals surface area (Å²) >= 11 is 0. The van der Waals surface area contributed by atoms with E-state index in [0.717, 1.165) is 0 Å². The number of nitrogens with two attached hydrogens (primary N) is 1. The zero-order chi connectivity index (χ0) is 13.6. The van der Waals surface area contributed by atoms with Crippen LogP contribution in [-0.2, 0) is 0 Å². The molecule has 1 fully saturated rings. The van der Waals surface area contributed by atoms with Gasteiger partial charge in [-0.15, -0.1) is 0 Å². The molecule has 0 spiro atoms. The summed E-state index contributed by atoms with van der Waals surface area (Å²) in [5.41, 5.74) is 5.96. The van der Waals surface area contributed by atoms with Gasteiger partial charge in [-0.05, 0) is 6.42 Å². The number of nitrogens with zero attached hydrogens (tertiary/aromatic N) is 2. The lowest BCUT2D eigenvalue weighted by molar-refractivity contribution is 0.121. The van der Waals surface area contributed by atoms with E-state index in [2.05, 4.69) is 20.3 Å². The number of aliphatic hydroxyl groups excluding tert-OH is 2. The van der Waals surface area contributed by atoms with Gasteiger partial charge in [-0.25, -0.2) is 4.98 Å². The van der Waals surface area contributed by atoms with E-state index in [1.54, 1.807) is 6.21 Å². The first-order chi connectivity index (χ1) is 9.10. The van der Waals surface area contributed by atoms with Crippen molar-refractivity contribution in [3.8, 4) is 0 Å². The minimum Gasteiger partial charge on any atom is -0.395 e. The number of nitrogens with one attached hydrogen (secondary N) is 2. The van der Waals surface area contributed by atoms with Crippen LogP contribution in [0.1, 0.15) is 18.0 Å². The first-order valence-electron chi connectivity index (χ1n) is 6.09. The van der Waals surface area contributed by atoms with E-state index in [1.165, 1.54) is 0 Å². The highest BCUT2D eigenvalue weighted by molar-refractivity contribution is 5.80. The van der Waals surface area contributed by atoms with Crippen molar-refractivity contribution < 1.29 is 10.2 Å². The number of H-pyrrole nitrogens is 1. The molecular weight excluding hydrogens is 250 g/mol. The van der Waals surface area contributed by atoms with Crippen molar-refractivity contribution in [2.75, 3.05) is 12.3 Å². The van der Waals surface area contributed by atoms with Crippen LogP contribution in [0.4, 0.5) is 11.6 Å². The minimum atomic E-state index is -0.619. The monoisotopic (exact) mass is 265 g/mol. The molecule has 8 nitrogen and oxygen atoms in total. The summed E-state index contributed by atoms with van der Waals surface area (Å²) in [4.78, 5) is 22.3. The molecule has 6 N–H and O–H groups in total. The summed E-state index contributed by atoms with van der Waals surface area (Å²) in [5.74, 6) is -0.165. The van der Waals surface area contributed by atoms with Gasteiger partial charge in [0.15, 0.2) is 5.69 Å². The molecule has 0 amide bonds. The van der Waals surface area contributed by atoms with Crippen molar-refractivity contribution in [1.29, 1.82) is 0 Å². The Morgan fingerprint density at radius 1 is 1.53 bits per heavy atom. The summed E-state index contributed by atoms with van der Waals surface area (Å²) in [7, 11) is 0. The Bertz CT molecular complexity index is 584. The molecule has 0 saturated carbocycles. The Kier molecular flexibility index (Phi) is 2.85. The van der Waals surface area contributed by atoms with Crippen LogP contribution in [-0.4, -0.2) is 51.2 Å².